The van der Waals surface area contributed by atoms with E-state index in [9.17, 15) is 5.11 Å². The summed E-state index contributed by atoms with van der Waals surface area (Å²) in [5, 5.41) is 18.6. The Hall–Kier alpha value is -3.01. The minimum atomic E-state index is 0. The first-order valence-corrected chi connectivity index (χ1v) is 10.9. The van der Waals surface area contributed by atoms with Gasteiger partial charge in [0.05, 0.1) is 30.0 Å². The molecule has 0 aliphatic carbocycles. The van der Waals surface area contributed by atoms with Crippen molar-refractivity contribution in [1.29, 1.82) is 0 Å². The summed E-state index contributed by atoms with van der Waals surface area (Å²) in [6.07, 6.45) is 3.86. The van der Waals surface area contributed by atoms with E-state index < -0.39 is 0 Å². The molecule has 172 valence electrons. The first-order valence-electron chi connectivity index (χ1n) is 10.1. The normalized spacial score (nSPS) is 12.0. The molecule has 7 nitrogen and oxygen atoms in total. The lowest BCUT2D eigenvalue weighted by Crippen LogP contribution is -3.00. The maximum atomic E-state index is 9.34. The predicted octanol–water partition coefficient (Wildman–Crippen LogP) is -0.106. The number of aromatic nitrogens is 2. The summed E-state index contributed by atoms with van der Waals surface area (Å²) in [5.41, 5.74) is 3.52. The number of aliphatic hydroxyl groups excluding tert-OH is 1. The Bertz CT molecular complexity index is 1350. The van der Waals surface area contributed by atoms with Crippen LogP contribution in [0.5, 0.6) is 11.5 Å². The summed E-state index contributed by atoms with van der Waals surface area (Å²) in [6.45, 7) is 0.550. The Morgan fingerprint density at radius 3 is 2.55 bits per heavy atom. The summed E-state index contributed by atoms with van der Waals surface area (Å²) >= 11 is 1.59. The highest BCUT2D eigenvalue weighted by molar-refractivity contribution is 7.16. The van der Waals surface area contributed by atoms with Crippen molar-refractivity contribution in [3.05, 3.63) is 82.9 Å². The van der Waals surface area contributed by atoms with Crippen LogP contribution in [0.4, 0.5) is 0 Å². The Balaban J connectivity index is 0.00000306. The Morgan fingerprint density at radius 2 is 1.82 bits per heavy atom. The van der Waals surface area contributed by atoms with E-state index in [1.165, 1.54) is 0 Å². The van der Waals surface area contributed by atoms with Crippen molar-refractivity contribution < 1.29 is 36.1 Å². The van der Waals surface area contributed by atoms with Gasteiger partial charge in [0.2, 0.25) is 4.80 Å². The summed E-state index contributed by atoms with van der Waals surface area (Å²) in [6, 6.07) is 17.8. The van der Waals surface area contributed by atoms with E-state index >= 15 is 0 Å². The van der Waals surface area contributed by atoms with E-state index in [1.54, 1.807) is 25.6 Å². The van der Waals surface area contributed by atoms with Crippen LogP contribution in [0.2, 0.25) is 0 Å². The van der Waals surface area contributed by atoms with Crippen molar-refractivity contribution in [3.63, 3.8) is 0 Å². The highest BCUT2D eigenvalue weighted by Crippen LogP contribution is 2.28. The molecule has 0 atom stereocenters. The number of rotatable bonds is 7. The first-order chi connectivity index (χ1) is 15.6. The molecule has 33 heavy (non-hydrogen) atoms. The van der Waals surface area contributed by atoms with Gasteiger partial charge in [-0.2, -0.15) is 0 Å². The van der Waals surface area contributed by atoms with E-state index in [-0.39, 0.29) is 23.6 Å². The average Bonchev–Trinajstić information content (AvgIpc) is 3.15. The van der Waals surface area contributed by atoms with Crippen LogP contribution >= 0.6 is 11.3 Å². The lowest BCUT2D eigenvalue weighted by Gasteiger charge is -2.10. The van der Waals surface area contributed by atoms with Crippen molar-refractivity contribution >= 4 is 27.3 Å². The lowest BCUT2D eigenvalue weighted by atomic mass is 10.0. The second-order valence-electron chi connectivity index (χ2n) is 7.08. The van der Waals surface area contributed by atoms with Gasteiger partial charge in [-0.1, -0.05) is 23.5 Å². The molecule has 1 N–H and O–H groups in total. The quantitative estimate of drug-likeness (QED) is 0.207. The van der Waals surface area contributed by atoms with Crippen LogP contribution in [-0.2, 0) is 13.6 Å². The van der Waals surface area contributed by atoms with Gasteiger partial charge in [0.1, 0.15) is 12.3 Å². The number of fused-ring (bicyclic) bond motifs is 1. The van der Waals surface area contributed by atoms with Crippen LogP contribution in [0.25, 0.3) is 10.2 Å². The van der Waals surface area contributed by atoms with E-state index in [4.69, 9.17) is 9.47 Å². The molecule has 2 aromatic heterocycles. The standard InChI is InChI=1S/C24H25N4O3S.BrH/c1-27-19-8-4-5-9-22(19)32-24(27)26-25-23(18-7-6-12-28(16-18)13-14-29)17-10-11-20(30-2)21(15-17)31-3;/h4-12,15-16,29H,13-14H2,1-3H3;1H/q+1;/p-1. The van der Waals surface area contributed by atoms with E-state index in [0.717, 1.165) is 26.1 Å². The molecule has 0 saturated carbocycles. The van der Waals surface area contributed by atoms with Crippen LogP contribution in [-0.4, -0.2) is 36.2 Å². The van der Waals surface area contributed by atoms with Gasteiger partial charge in [-0.25, -0.2) is 4.57 Å². The highest BCUT2D eigenvalue weighted by atomic mass is 79.9. The van der Waals surface area contributed by atoms with Crippen LogP contribution in [0.15, 0.2) is 77.2 Å². The summed E-state index contributed by atoms with van der Waals surface area (Å²) < 4.78 is 16.0. The van der Waals surface area contributed by atoms with Crippen molar-refractivity contribution in [3.8, 4) is 11.5 Å². The molecule has 0 spiro atoms. The van der Waals surface area contributed by atoms with Crippen LogP contribution in [0.1, 0.15) is 11.1 Å². The van der Waals surface area contributed by atoms with Crippen molar-refractivity contribution in [2.75, 3.05) is 20.8 Å². The number of halogens is 1. The number of hydrogen-bond acceptors (Lipinski definition) is 6. The van der Waals surface area contributed by atoms with E-state index in [0.29, 0.717) is 23.8 Å². The number of methoxy groups -OCH3 is 2. The van der Waals surface area contributed by atoms with Crippen molar-refractivity contribution in [2.45, 2.75) is 6.54 Å². The molecule has 2 aromatic carbocycles. The van der Waals surface area contributed by atoms with Crippen molar-refractivity contribution in [1.82, 2.24) is 4.57 Å². The number of para-hydroxylation sites is 1. The number of aliphatic hydroxyl groups is 1. The predicted molar refractivity (Wildman–Crippen MR) is 125 cm³/mol. The van der Waals surface area contributed by atoms with Gasteiger partial charge < -0.3 is 36.1 Å². The number of ether oxygens (including phenoxy) is 2. The average molecular weight is 529 g/mol. The van der Waals surface area contributed by atoms with Gasteiger partial charge in [0.15, 0.2) is 30.4 Å². The fourth-order valence-electron chi connectivity index (χ4n) is 3.45. The molecule has 9 heteroatoms. The summed E-state index contributed by atoms with van der Waals surface area (Å²) in [7, 11) is 5.21. The third-order valence-corrected chi connectivity index (χ3v) is 6.20. The van der Waals surface area contributed by atoms with Crippen LogP contribution < -0.4 is 35.8 Å². The van der Waals surface area contributed by atoms with Gasteiger partial charge >= 0.3 is 0 Å². The topological polar surface area (TPSA) is 72.2 Å². The molecular weight excluding hydrogens is 504 g/mol. The molecule has 0 aliphatic heterocycles. The van der Waals surface area contributed by atoms with E-state index in [2.05, 4.69) is 22.3 Å². The molecule has 4 aromatic rings. The first kappa shape index (κ1) is 24.6. The van der Waals surface area contributed by atoms with Gasteiger partial charge in [-0.15, -0.1) is 10.2 Å². The minimum absolute atomic E-state index is 0. The van der Waals surface area contributed by atoms with Gasteiger partial charge in [0.25, 0.3) is 0 Å². The molecule has 0 saturated heterocycles. The lowest BCUT2D eigenvalue weighted by molar-refractivity contribution is -0.698. The summed E-state index contributed by atoms with van der Waals surface area (Å²) in [5.74, 6) is 1.26. The molecule has 0 fully saturated rings. The molecular formula is C24H25BrN4O3S. The Kier molecular flexibility index (Phi) is 8.37. The van der Waals surface area contributed by atoms with Gasteiger partial charge in [-0.05, 0) is 36.4 Å². The highest BCUT2D eigenvalue weighted by Gasteiger charge is 2.15. The van der Waals surface area contributed by atoms with Crippen LogP contribution in [0.3, 0.4) is 0 Å². The fourth-order valence-corrected chi connectivity index (χ4v) is 4.42. The fraction of sp³-hybridized carbons (Fsp3) is 0.208. The van der Waals surface area contributed by atoms with Crippen molar-refractivity contribution in [2.24, 2.45) is 17.3 Å². The monoisotopic (exact) mass is 528 g/mol. The summed E-state index contributed by atoms with van der Waals surface area (Å²) in [4.78, 5) is 0.795. The third kappa shape index (κ3) is 5.32. The molecule has 2 heterocycles. The second kappa shape index (κ2) is 11.2. The molecule has 0 unspecified atom stereocenters. The maximum absolute atomic E-state index is 9.34. The Labute approximate surface area is 206 Å². The largest absolute Gasteiger partial charge is 1.00 e. The number of benzene rings is 2. The zero-order valence-electron chi connectivity index (χ0n) is 18.6. The smallest absolute Gasteiger partial charge is 0.211 e. The Morgan fingerprint density at radius 1 is 1.03 bits per heavy atom. The maximum Gasteiger partial charge on any atom is 0.211 e. The molecule has 0 bridgehead atoms. The minimum Gasteiger partial charge on any atom is -1.00 e. The van der Waals surface area contributed by atoms with Gasteiger partial charge in [0, 0.05) is 18.7 Å². The zero-order valence-corrected chi connectivity index (χ0v) is 21.0. The number of nitrogens with zero attached hydrogens (tertiary/aromatic N) is 4. The van der Waals surface area contributed by atoms with Crippen LogP contribution in [0, 0.1) is 0 Å². The molecule has 4 rings (SSSR count). The number of thiazole rings is 1. The zero-order chi connectivity index (χ0) is 22.5. The number of hydrogen-bond donors (Lipinski definition) is 1. The molecule has 0 aliphatic rings. The second-order valence-corrected chi connectivity index (χ2v) is 8.09. The SMILES string of the molecule is COc1ccc(C(=NN=c2sc3ccccc3n2C)c2ccc[n+](CCO)c2)cc1OC.[Br-]. The third-order valence-electron chi connectivity index (χ3n) is 5.10. The number of aryl methyl sites for hydroxylation is 1. The number of pyridine rings is 1. The molecule has 0 amide bonds. The molecule has 0 radical (unpaired) electrons. The van der Waals surface area contributed by atoms with E-state index in [1.807, 2.05) is 71.0 Å². The van der Waals surface area contributed by atoms with Gasteiger partial charge in [-0.3, -0.25) is 0 Å².